The van der Waals surface area contributed by atoms with E-state index in [0.717, 1.165) is 21.9 Å². The monoisotopic (exact) mass is 369 g/mol. The summed E-state index contributed by atoms with van der Waals surface area (Å²) in [5.74, 6) is 1.69. The smallest absolute Gasteiger partial charge is 0.230 e. The van der Waals surface area contributed by atoms with E-state index in [4.69, 9.17) is 9.47 Å². The topological polar surface area (TPSA) is 76.2 Å². The lowest BCUT2D eigenvalue weighted by molar-refractivity contribution is -0.119. The van der Waals surface area contributed by atoms with Crippen LogP contribution in [0.1, 0.15) is 5.56 Å². The number of carbonyl (C=O) groups is 1. The van der Waals surface area contributed by atoms with E-state index in [0.29, 0.717) is 24.7 Å². The van der Waals surface area contributed by atoms with Crippen molar-refractivity contribution in [2.24, 2.45) is 0 Å². The molecule has 6 nitrogen and oxygen atoms in total. The highest BCUT2D eigenvalue weighted by atomic mass is 32.2. The van der Waals surface area contributed by atoms with Gasteiger partial charge in [-0.1, -0.05) is 30.0 Å². The van der Waals surface area contributed by atoms with Gasteiger partial charge < -0.3 is 19.8 Å². The summed E-state index contributed by atoms with van der Waals surface area (Å²) in [6.45, 7) is 2.87. The molecule has 0 fully saturated rings. The first-order valence-corrected chi connectivity index (χ1v) is 9.40. The van der Waals surface area contributed by atoms with E-state index in [2.05, 4.69) is 15.3 Å². The molecule has 0 bridgehead atoms. The molecule has 0 radical (unpaired) electrons. The number of nitrogens with zero attached hydrogens (tertiary/aromatic N) is 1. The fraction of sp³-hybridized carbons (Fsp3) is 0.263. The second kappa shape index (κ2) is 7.29. The molecule has 3 aromatic rings. The Morgan fingerprint density at radius 3 is 3.04 bits per heavy atom. The van der Waals surface area contributed by atoms with Crippen LogP contribution in [0.15, 0.2) is 47.6 Å². The van der Waals surface area contributed by atoms with Crippen LogP contribution in [0.4, 0.5) is 0 Å². The Balaban J connectivity index is 1.26. The molecular formula is C19H19N3O3S. The van der Waals surface area contributed by atoms with Crippen LogP contribution in [0.3, 0.4) is 0 Å². The van der Waals surface area contributed by atoms with Crippen LogP contribution in [0, 0.1) is 6.92 Å². The standard InChI is InChI=1S/C19H19N3O3S/c1-12-6-7-14-15(8-12)22-19(21-14)26-11-18(23)20-9-13-10-24-16-4-2-3-5-17(16)25-13/h2-8,13H,9-11H2,1H3,(H,20,23)(H,21,22)/t13-/m1/s1. The minimum atomic E-state index is -0.187. The van der Waals surface area contributed by atoms with Gasteiger partial charge in [0.25, 0.3) is 0 Å². The summed E-state index contributed by atoms with van der Waals surface area (Å²) in [5, 5.41) is 3.63. The minimum absolute atomic E-state index is 0.0610. The Morgan fingerprint density at radius 2 is 2.15 bits per heavy atom. The number of aromatic nitrogens is 2. The minimum Gasteiger partial charge on any atom is -0.486 e. The molecule has 0 saturated carbocycles. The second-order valence-electron chi connectivity index (χ2n) is 6.15. The Labute approximate surface area is 155 Å². The Morgan fingerprint density at radius 1 is 1.31 bits per heavy atom. The summed E-state index contributed by atoms with van der Waals surface area (Å²) in [7, 11) is 0. The molecule has 2 aromatic carbocycles. The third kappa shape index (κ3) is 3.77. The number of nitrogens with one attached hydrogen (secondary N) is 2. The van der Waals surface area contributed by atoms with Crippen LogP contribution in [-0.4, -0.2) is 40.9 Å². The molecule has 1 aliphatic heterocycles. The van der Waals surface area contributed by atoms with E-state index >= 15 is 0 Å². The Kier molecular flexibility index (Phi) is 4.71. The lowest BCUT2D eigenvalue weighted by atomic mass is 10.2. The number of amides is 1. The van der Waals surface area contributed by atoms with Gasteiger partial charge in [-0.05, 0) is 36.8 Å². The van der Waals surface area contributed by atoms with Gasteiger partial charge in [0.05, 0.1) is 23.3 Å². The number of aryl methyl sites for hydroxylation is 1. The van der Waals surface area contributed by atoms with Crippen molar-refractivity contribution in [1.29, 1.82) is 0 Å². The summed E-state index contributed by atoms with van der Waals surface area (Å²) in [4.78, 5) is 19.8. The quantitative estimate of drug-likeness (QED) is 0.677. The fourth-order valence-electron chi connectivity index (χ4n) is 2.74. The first kappa shape index (κ1) is 16.8. The molecule has 1 atom stereocenters. The predicted octanol–water partition coefficient (Wildman–Crippen LogP) is 2.92. The summed E-state index contributed by atoms with van der Waals surface area (Å²) >= 11 is 1.38. The largest absolute Gasteiger partial charge is 0.486 e. The second-order valence-corrected chi connectivity index (χ2v) is 7.12. The molecule has 2 heterocycles. The molecule has 0 aliphatic carbocycles. The van der Waals surface area contributed by atoms with Gasteiger partial charge in [0.1, 0.15) is 12.7 Å². The van der Waals surface area contributed by atoms with Crippen molar-refractivity contribution in [2.75, 3.05) is 18.9 Å². The molecule has 0 spiro atoms. The maximum Gasteiger partial charge on any atom is 0.230 e. The van der Waals surface area contributed by atoms with Crippen LogP contribution in [0.5, 0.6) is 11.5 Å². The fourth-order valence-corrected chi connectivity index (χ4v) is 3.46. The van der Waals surface area contributed by atoms with E-state index in [1.807, 2.05) is 49.4 Å². The highest BCUT2D eigenvalue weighted by Gasteiger charge is 2.21. The first-order chi connectivity index (χ1) is 12.7. The van der Waals surface area contributed by atoms with Crippen LogP contribution >= 0.6 is 11.8 Å². The number of imidazole rings is 1. The van der Waals surface area contributed by atoms with Crippen LogP contribution in [0.25, 0.3) is 11.0 Å². The lowest BCUT2D eigenvalue weighted by Crippen LogP contribution is -2.41. The van der Waals surface area contributed by atoms with E-state index in [1.54, 1.807) is 0 Å². The zero-order chi connectivity index (χ0) is 17.9. The molecule has 2 N–H and O–H groups in total. The van der Waals surface area contributed by atoms with Crippen molar-refractivity contribution < 1.29 is 14.3 Å². The van der Waals surface area contributed by atoms with E-state index < -0.39 is 0 Å². The molecule has 134 valence electrons. The van der Waals surface area contributed by atoms with E-state index in [1.165, 1.54) is 17.3 Å². The number of aromatic amines is 1. The SMILES string of the molecule is Cc1ccc2nc(SCC(=O)NC[C@@H]3COc4ccccc4O3)[nH]c2c1. The van der Waals surface area contributed by atoms with Gasteiger partial charge in [-0.3, -0.25) is 4.79 Å². The number of benzene rings is 2. The van der Waals surface area contributed by atoms with Crippen molar-refractivity contribution >= 4 is 28.7 Å². The Bertz CT molecular complexity index is 941. The lowest BCUT2D eigenvalue weighted by Gasteiger charge is -2.26. The van der Waals surface area contributed by atoms with Crippen molar-refractivity contribution in [2.45, 2.75) is 18.2 Å². The number of thioether (sulfide) groups is 1. The number of para-hydroxylation sites is 2. The van der Waals surface area contributed by atoms with Gasteiger partial charge in [0, 0.05) is 0 Å². The van der Waals surface area contributed by atoms with Crippen LogP contribution in [0.2, 0.25) is 0 Å². The molecular weight excluding hydrogens is 350 g/mol. The molecule has 0 unspecified atom stereocenters. The van der Waals surface area contributed by atoms with E-state index in [9.17, 15) is 4.79 Å². The number of ether oxygens (including phenoxy) is 2. The molecule has 0 saturated heterocycles. The number of H-pyrrole nitrogens is 1. The number of fused-ring (bicyclic) bond motifs is 2. The third-order valence-corrected chi connectivity index (χ3v) is 4.92. The molecule has 26 heavy (non-hydrogen) atoms. The molecule has 1 aromatic heterocycles. The van der Waals surface area contributed by atoms with Crippen LogP contribution in [-0.2, 0) is 4.79 Å². The zero-order valence-electron chi connectivity index (χ0n) is 14.3. The summed E-state index contributed by atoms with van der Waals surface area (Å²) in [6.07, 6.45) is -0.187. The molecule has 7 heteroatoms. The molecule has 4 rings (SSSR count). The maximum atomic E-state index is 12.1. The normalized spacial score (nSPS) is 15.8. The number of hydrogen-bond donors (Lipinski definition) is 2. The maximum absolute atomic E-state index is 12.1. The third-order valence-electron chi connectivity index (χ3n) is 4.05. The van der Waals surface area contributed by atoms with Gasteiger partial charge in [-0.25, -0.2) is 4.98 Å². The van der Waals surface area contributed by atoms with Crippen molar-refractivity contribution in [3.05, 3.63) is 48.0 Å². The van der Waals surface area contributed by atoms with Gasteiger partial charge in [0.15, 0.2) is 16.7 Å². The van der Waals surface area contributed by atoms with E-state index in [-0.39, 0.29) is 12.0 Å². The molecule has 1 amide bonds. The number of hydrogen-bond acceptors (Lipinski definition) is 5. The van der Waals surface area contributed by atoms with Gasteiger partial charge in [0.2, 0.25) is 5.91 Å². The highest BCUT2D eigenvalue weighted by Crippen LogP contribution is 2.30. The molecule has 1 aliphatic rings. The van der Waals surface area contributed by atoms with Crippen LogP contribution < -0.4 is 14.8 Å². The summed E-state index contributed by atoms with van der Waals surface area (Å²) < 4.78 is 11.5. The van der Waals surface area contributed by atoms with Crippen molar-refractivity contribution in [3.63, 3.8) is 0 Å². The zero-order valence-corrected chi connectivity index (χ0v) is 15.1. The summed E-state index contributed by atoms with van der Waals surface area (Å²) in [5.41, 5.74) is 3.07. The first-order valence-electron chi connectivity index (χ1n) is 8.42. The van der Waals surface area contributed by atoms with Gasteiger partial charge in [-0.2, -0.15) is 0 Å². The summed E-state index contributed by atoms with van der Waals surface area (Å²) in [6, 6.07) is 13.6. The van der Waals surface area contributed by atoms with Gasteiger partial charge >= 0.3 is 0 Å². The van der Waals surface area contributed by atoms with Crippen molar-refractivity contribution in [3.8, 4) is 11.5 Å². The van der Waals surface area contributed by atoms with Gasteiger partial charge in [-0.15, -0.1) is 0 Å². The number of rotatable bonds is 5. The predicted molar refractivity (Wildman–Crippen MR) is 101 cm³/mol. The number of carbonyl (C=O) groups excluding carboxylic acids is 1. The van der Waals surface area contributed by atoms with Crippen molar-refractivity contribution in [1.82, 2.24) is 15.3 Å². The average molecular weight is 369 g/mol. The average Bonchev–Trinajstić information content (AvgIpc) is 3.06. The Hall–Kier alpha value is -2.67. The highest BCUT2D eigenvalue weighted by molar-refractivity contribution is 7.99.